The van der Waals surface area contributed by atoms with Gasteiger partial charge in [-0.15, -0.1) is 0 Å². The van der Waals surface area contributed by atoms with E-state index in [1.54, 1.807) is 0 Å². The van der Waals surface area contributed by atoms with Crippen LogP contribution in [0.1, 0.15) is 37.5 Å². The molecule has 2 fully saturated rings. The van der Waals surface area contributed by atoms with Crippen LogP contribution in [0.3, 0.4) is 0 Å². The van der Waals surface area contributed by atoms with E-state index in [0.29, 0.717) is 5.89 Å². The summed E-state index contributed by atoms with van der Waals surface area (Å²) in [5.41, 5.74) is 0. The van der Waals surface area contributed by atoms with Crippen LogP contribution in [0.2, 0.25) is 0 Å². The van der Waals surface area contributed by atoms with Gasteiger partial charge in [-0.2, -0.15) is 4.98 Å². The second-order valence-corrected chi connectivity index (χ2v) is 4.45. The first-order chi connectivity index (χ1) is 7.33. The number of hydrogen-bond acceptors (Lipinski definition) is 5. The maximum atomic E-state index is 9.20. The molecule has 0 spiro atoms. The summed E-state index contributed by atoms with van der Waals surface area (Å²) < 4.78 is 5.22. The third-order valence-corrected chi connectivity index (χ3v) is 3.28. The molecule has 82 valence electrons. The lowest BCUT2D eigenvalue weighted by Gasteiger charge is -2.27. The Labute approximate surface area is 88.1 Å². The van der Waals surface area contributed by atoms with Crippen LogP contribution in [0.4, 0.5) is 5.95 Å². The van der Waals surface area contributed by atoms with Gasteiger partial charge in [0.25, 0.3) is 5.95 Å². The third kappa shape index (κ3) is 1.61. The van der Waals surface area contributed by atoms with Gasteiger partial charge in [0.1, 0.15) is 0 Å². The van der Waals surface area contributed by atoms with Gasteiger partial charge in [-0.05, 0) is 30.8 Å². The minimum absolute atomic E-state index is 0.169. The minimum Gasteiger partial charge on any atom is -0.393 e. The first kappa shape index (κ1) is 9.15. The summed E-state index contributed by atoms with van der Waals surface area (Å²) in [7, 11) is 0. The smallest absolute Gasteiger partial charge is 0.266 e. The van der Waals surface area contributed by atoms with Gasteiger partial charge >= 0.3 is 0 Å². The maximum Gasteiger partial charge on any atom is 0.266 e. The summed E-state index contributed by atoms with van der Waals surface area (Å²) in [4.78, 5) is 6.54. The SMILES string of the molecule is OC1CC(c2nc(N3CCCC3)no2)C1. The van der Waals surface area contributed by atoms with Crippen molar-refractivity contribution >= 4 is 5.95 Å². The Hall–Kier alpha value is -1.10. The quantitative estimate of drug-likeness (QED) is 0.784. The number of hydrogen-bond donors (Lipinski definition) is 1. The molecule has 1 aliphatic carbocycles. The highest BCUT2D eigenvalue weighted by atomic mass is 16.5. The van der Waals surface area contributed by atoms with Gasteiger partial charge in [0.15, 0.2) is 0 Å². The van der Waals surface area contributed by atoms with Crippen molar-refractivity contribution in [3.8, 4) is 0 Å². The molecule has 1 N–H and O–H groups in total. The molecule has 0 bridgehead atoms. The normalized spacial score (nSPS) is 30.6. The minimum atomic E-state index is -0.169. The van der Waals surface area contributed by atoms with Crippen LogP contribution >= 0.6 is 0 Å². The van der Waals surface area contributed by atoms with E-state index in [0.717, 1.165) is 31.9 Å². The van der Waals surface area contributed by atoms with E-state index in [2.05, 4.69) is 15.0 Å². The number of nitrogens with zero attached hydrogens (tertiary/aromatic N) is 3. The molecule has 15 heavy (non-hydrogen) atoms. The zero-order chi connectivity index (χ0) is 10.3. The molecule has 5 nitrogen and oxygen atoms in total. The zero-order valence-corrected chi connectivity index (χ0v) is 8.59. The molecule has 0 amide bonds. The molecule has 2 heterocycles. The van der Waals surface area contributed by atoms with Crippen molar-refractivity contribution in [1.29, 1.82) is 0 Å². The second-order valence-electron chi connectivity index (χ2n) is 4.45. The third-order valence-electron chi connectivity index (χ3n) is 3.28. The molecule has 1 saturated carbocycles. The Bertz CT molecular complexity index is 340. The largest absolute Gasteiger partial charge is 0.393 e. The molecule has 0 atom stereocenters. The Balaban J connectivity index is 1.70. The van der Waals surface area contributed by atoms with Gasteiger partial charge in [0, 0.05) is 19.0 Å². The van der Waals surface area contributed by atoms with Crippen molar-refractivity contribution in [3.05, 3.63) is 5.89 Å². The fourth-order valence-electron chi connectivity index (χ4n) is 2.23. The molecule has 2 aliphatic rings. The molecule has 1 aliphatic heterocycles. The number of rotatable bonds is 2. The predicted molar refractivity (Wildman–Crippen MR) is 53.7 cm³/mol. The highest BCUT2D eigenvalue weighted by Gasteiger charge is 2.33. The molecule has 1 aromatic heterocycles. The summed E-state index contributed by atoms with van der Waals surface area (Å²) in [6.07, 6.45) is 3.79. The average molecular weight is 209 g/mol. The standard InChI is InChI=1S/C10H15N3O2/c14-8-5-7(6-8)9-11-10(12-15-9)13-3-1-2-4-13/h7-8,14H,1-6H2. The molecular weight excluding hydrogens is 194 g/mol. The van der Waals surface area contributed by atoms with Crippen molar-refractivity contribution in [2.24, 2.45) is 0 Å². The van der Waals surface area contributed by atoms with Gasteiger partial charge in [0.05, 0.1) is 6.10 Å². The lowest BCUT2D eigenvalue weighted by molar-refractivity contribution is 0.0625. The monoisotopic (exact) mass is 209 g/mol. The van der Waals surface area contributed by atoms with Crippen molar-refractivity contribution in [2.75, 3.05) is 18.0 Å². The molecule has 0 radical (unpaired) electrons. The molecular formula is C10H15N3O2. The molecule has 3 rings (SSSR count). The Morgan fingerprint density at radius 1 is 1.27 bits per heavy atom. The van der Waals surface area contributed by atoms with Crippen molar-refractivity contribution in [2.45, 2.75) is 37.7 Å². The highest BCUT2D eigenvalue weighted by Crippen LogP contribution is 2.36. The van der Waals surface area contributed by atoms with E-state index in [-0.39, 0.29) is 12.0 Å². The van der Waals surface area contributed by atoms with Crippen LogP contribution in [0.5, 0.6) is 0 Å². The summed E-state index contributed by atoms with van der Waals surface area (Å²) in [5.74, 6) is 1.70. The predicted octanol–water partition coefficient (Wildman–Crippen LogP) is 0.908. The van der Waals surface area contributed by atoms with Gasteiger partial charge in [0.2, 0.25) is 5.89 Å². The van der Waals surface area contributed by atoms with Crippen LogP contribution in [-0.2, 0) is 0 Å². The Morgan fingerprint density at radius 3 is 2.67 bits per heavy atom. The molecule has 1 saturated heterocycles. The van der Waals surface area contributed by atoms with Crippen molar-refractivity contribution < 1.29 is 9.63 Å². The molecule has 0 aromatic carbocycles. The molecule has 1 aromatic rings. The second kappa shape index (κ2) is 3.48. The van der Waals surface area contributed by atoms with Gasteiger partial charge in [-0.3, -0.25) is 0 Å². The van der Waals surface area contributed by atoms with Crippen LogP contribution in [0.15, 0.2) is 4.52 Å². The molecule has 5 heteroatoms. The number of aromatic nitrogens is 2. The maximum absolute atomic E-state index is 9.20. The number of aliphatic hydroxyl groups excluding tert-OH is 1. The van der Waals surface area contributed by atoms with Crippen LogP contribution < -0.4 is 4.90 Å². The van der Waals surface area contributed by atoms with Crippen LogP contribution in [0, 0.1) is 0 Å². The van der Waals surface area contributed by atoms with E-state index < -0.39 is 0 Å². The Morgan fingerprint density at radius 2 is 2.00 bits per heavy atom. The summed E-state index contributed by atoms with van der Waals surface area (Å²) >= 11 is 0. The van der Waals surface area contributed by atoms with E-state index in [4.69, 9.17) is 4.52 Å². The van der Waals surface area contributed by atoms with E-state index in [1.165, 1.54) is 12.8 Å². The highest BCUT2D eigenvalue weighted by molar-refractivity contribution is 5.29. The van der Waals surface area contributed by atoms with Gasteiger partial charge in [-0.25, -0.2) is 0 Å². The Kier molecular flexibility index (Phi) is 2.12. The fraction of sp³-hybridized carbons (Fsp3) is 0.800. The van der Waals surface area contributed by atoms with Crippen LogP contribution in [0.25, 0.3) is 0 Å². The van der Waals surface area contributed by atoms with Gasteiger partial charge in [-0.1, -0.05) is 0 Å². The topological polar surface area (TPSA) is 62.4 Å². The summed E-state index contributed by atoms with van der Waals surface area (Å²) in [5, 5.41) is 13.2. The van der Waals surface area contributed by atoms with E-state index in [9.17, 15) is 5.11 Å². The zero-order valence-electron chi connectivity index (χ0n) is 8.59. The summed E-state index contributed by atoms with van der Waals surface area (Å²) in [6, 6.07) is 0. The first-order valence-electron chi connectivity index (χ1n) is 5.59. The lowest BCUT2D eigenvalue weighted by Crippen LogP contribution is -2.26. The van der Waals surface area contributed by atoms with Crippen molar-refractivity contribution in [3.63, 3.8) is 0 Å². The first-order valence-corrected chi connectivity index (χ1v) is 5.59. The lowest BCUT2D eigenvalue weighted by atomic mass is 9.82. The summed E-state index contributed by atoms with van der Waals surface area (Å²) in [6.45, 7) is 2.07. The fourth-order valence-corrected chi connectivity index (χ4v) is 2.23. The average Bonchev–Trinajstić information content (AvgIpc) is 2.83. The molecule has 0 unspecified atom stereocenters. The van der Waals surface area contributed by atoms with E-state index >= 15 is 0 Å². The van der Waals surface area contributed by atoms with Crippen molar-refractivity contribution in [1.82, 2.24) is 10.1 Å². The number of aliphatic hydroxyl groups is 1. The van der Waals surface area contributed by atoms with Gasteiger partial charge < -0.3 is 14.5 Å². The number of anilines is 1. The van der Waals surface area contributed by atoms with E-state index in [1.807, 2.05) is 0 Å². The van der Waals surface area contributed by atoms with Crippen LogP contribution in [-0.4, -0.2) is 34.4 Å².